The van der Waals surface area contributed by atoms with Crippen molar-refractivity contribution in [2.75, 3.05) is 33.4 Å². The number of likely N-dealkylation sites (tertiary alicyclic amines) is 1. The Bertz CT molecular complexity index is 1110. The van der Waals surface area contributed by atoms with Crippen LogP contribution in [0.2, 0.25) is 0 Å². The summed E-state index contributed by atoms with van der Waals surface area (Å²) < 4.78 is 42.9. The third kappa shape index (κ3) is 8.46. The van der Waals surface area contributed by atoms with Gasteiger partial charge in [-0.3, -0.25) is 0 Å². The van der Waals surface area contributed by atoms with Crippen LogP contribution in [0.4, 0.5) is 13.2 Å². The average molecular weight is 546 g/mol. The molecule has 0 amide bonds. The molecule has 1 saturated heterocycles. The van der Waals surface area contributed by atoms with E-state index in [-0.39, 0.29) is 5.92 Å². The van der Waals surface area contributed by atoms with Crippen molar-refractivity contribution in [3.8, 4) is 11.5 Å². The van der Waals surface area contributed by atoms with Crippen molar-refractivity contribution in [3.05, 3.63) is 96.1 Å². The van der Waals surface area contributed by atoms with Gasteiger partial charge in [-0.15, -0.1) is 0 Å². The summed E-state index contributed by atoms with van der Waals surface area (Å²) in [5, 5.41) is 19.1. The predicted octanol–water partition coefficient (Wildman–Crippen LogP) is 5.75. The summed E-state index contributed by atoms with van der Waals surface area (Å²) >= 11 is 0. The smallest absolute Gasteiger partial charge is 0.490 e. The molecule has 0 aromatic heterocycles. The zero-order valence-corrected chi connectivity index (χ0v) is 21.8. The molecule has 0 unspecified atom stereocenters. The molecule has 1 heterocycles. The largest absolute Gasteiger partial charge is 0.497 e. The minimum absolute atomic E-state index is 0.191. The molecule has 3 aromatic carbocycles. The fourth-order valence-corrected chi connectivity index (χ4v) is 4.77. The average Bonchev–Trinajstić information content (AvgIpc) is 2.96. The summed E-state index contributed by atoms with van der Waals surface area (Å²) in [6.07, 6.45) is -2.17. The summed E-state index contributed by atoms with van der Waals surface area (Å²) in [5.74, 6) is -0.906. The number of carbonyl (C=O) groups is 1. The highest BCUT2D eigenvalue weighted by Crippen LogP contribution is 2.41. The predicted molar refractivity (Wildman–Crippen MR) is 142 cm³/mol. The maximum atomic E-state index is 12.0. The number of methoxy groups -OCH3 is 1. The number of piperidine rings is 1. The lowest BCUT2D eigenvalue weighted by molar-refractivity contribution is -0.192. The molecule has 1 aliphatic heterocycles. The third-order valence-corrected chi connectivity index (χ3v) is 6.78. The molecule has 9 heteroatoms. The number of carboxylic acid groups (broad SMARTS) is 1. The van der Waals surface area contributed by atoms with Crippen LogP contribution in [0.25, 0.3) is 0 Å². The van der Waals surface area contributed by atoms with Crippen molar-refractivity contribution in [3.63, 3.8) is 0 Å². The molecule has 0 aliphatic carbocycles. The normalized spacial score (nSPS) is 14.7. The molecule has 210 valence electrons. The minimum Gasteiger partial charge on any atom is -0.497 e. The molecule has 3 aromatic rings. The number of carboxylic acids is 1. The summed E-state index contributed by atoms with van der Waals surface area (Å²) in [5.41, 5.74) is 1.01. The third-order valence-electron chi connectivity index (χ3n) is 6.78. The van der Waals surface area contributed by atoms with Gasteiger partial charge >= 0.3 is 12.1 Å². The molecule has 1 aliphatic rings. The quantitative estimate of drug-likeness (QED) is 0.334. The molecule has 39 heavy (non-hydrogen) atoms. The maximum Gasteiger partial charge on any atom is 0.490 e. The topological polar surface area (TPSA) is 79.2 Å². The van der Waals surface area contributed by atoms with E-state index in [0.717, 1.165) is 61.5 Å². The van der Waals surface area contributed by atoms with E-state index in [1.54, 1.807) is 7.11 Å². The highest BCUT2D eigenvalue weighted by molar-refractivity contribution is 5.73. The van der Waals surface area contributed by atoms with Gasteiger partial charge in [0.25, 0.3) is 0 Å². The second-order valence-electron chi connectivity index (χ2n) is 9.30. The number of hydrogen-bond donors (Lipinski definition) is 2. The fraction of sp³-hybridized carbons (Fsp3) is 0.367. The van der Waals surface area contributed by atoms with E-state index in [1.807, 2.05) is 60.7 Å². The number of aliphatic hydroxyl groups is 1. The Labute approximate surface area is 226 Å². The Morgan fingerprint density at radius 2 is 1.41 bits per heavy atom. The Morgan fingerprint density at radius 3 is 1.90 bits per heavy atom. The number of halogens is 3. The van der Waals surface area contributed by atoms with Crippen molar-refractivity contribution in [1.29, 1.82) is 0 Å². The first-order valence-electron chi connectivity index (χ1n) is 12.8. The van der Waals surface area contributed by atoms with E-state index in [1.165, 1.54) is 0 Å². The van der Waals surface area contributed by atoms with Gasteiger partial charge in [0, 0.05) is 12.6 Å². The highest BCUT2D eigenvalue weighted by atomic mass is 19.4. The van der Waals surface area contributed by atoms with Crippen molar-refractivity contribution in [2.45, 2.75) is 31.0 Å². The molecule has 0 radical (unpaired) electrons. The van der Waals surface area contributed by atoms with Crippen LogP contribution < -0.4 is 9.47 Å². The van der Waals surface area contributed by atoms with E-state index < -0.39 is 17.7 Å². The minimum atomic E-state index is -5.08. The number of aliphatic carboxylic acids is 1. The van der Waals surface area contributed by atoms with Crippen LogP contribution in [0.5, 0.6) is 11.5 Å². The van der Waals surface area contributed by atoms with Crippen LogP contribution in [0, 0.1) is 5.92 Å². The molecule has 0 atom stereocenters. The number of hydrogen-bond acceptors (Lipinski definition) is 5. The van der Waals surface area contributed by atoms with Gasteiger partial charge in [-0.05, 0) is 61.5 Å². The molecular weight excluding hydrogens is 511 g/mol. The second kappa shape index (κ2) is 14.0. The summed E-state index contributed by atoms with van der Waals surface area (Å²) in [6, 6.07) is 28.0. The van der Waals surface area contributed by atoms with Gasteiger partial charge in [0.2, 0.25) is 0 Å². The molecule has 2 N–H and O–H groups in total. The Hall–Kier alpha value is -3.56. The van der Waals surface area contributed by atoms with E-state index in [9.17, 15) is 18.3 Å². The van der Waals surface area contributed by atoms with Crippen LogP contribution in [0.15, 0.2) is 84.9 Å². The molecule has 1 fully saturated rings. The number of benzene rings is 3. The lowest BCUT2D eigenvalue weighted by atomic mass is 9.72. The van der Waals surface area contributed by atoms with Crippen LogP contribution in [0.3, 0.4) is 0 Å². The number of ether oxygens (including phenoxy) is 2. The van der Waals surface area contributed by atoms with Crippen LogP contribution in [0.1, 0.15) is 30.4 Å². The van der Waals surface area contributed by atoms with Gasteiger partial charge in [-0.2, -0.15) is 13.2 Å². The van der Waals surface area contributed by atoms with Crippen molar-refractivity contribution < 1.29 is 37.7 Å². The maximum absolute atomic E-state index is 12.0. The summed E-state index contributed by atoms with van der Waals surface area (Å²) in [7, 11) is 1.67. The van der Waals surface area contributed by atoms with E-state index >= 15 is 0 Å². The van der Waals surface area contributed by atoms with Crippen molar-refractivity contribution >= 4 is 5.97 Å². The molecule has 0 saturated carbocycles. The lowest BCUT2D eigenvalue weighted by Gasteiger charge is -2.42. The molecule has 4 rings (SSSR count). The molecular formula is C30H34F3NO5. The standard InChI is InChI=1S/C28H33NO3.C2HF3O2/c1-31-26-14-8-15-27(22-26)32-21-9-18-29-19-16-25(17-20-29)28(30,23-10-4-2-5-11-23)24-12-6-3-7-13-24;3-2(4,5)1(6)7/h2-8,10-15,22,25,30H,9,16-21H2,1H3;(H,6,7). The van der Waals surface area contributed by atoms with Gasteiger partial charge in [-0.1, -0.05) is 66.7 Å². The van der Waals surface area contributed by atoms with Crippen molar-refractivity contribution in [2.24, 2.45) is 5.92 Å². The van der Waals surface area contributed by atoms with Crippen molar-refractivity contribution in [1.82, 2.24) is 4.90 Å². The first-order valence-corrected chi connectivity index (χ1v) is 12.8. The van der Waals surface area contributed by atoms with Crippen LogP contribution in [-0.4, -0.2) is 60.6 Å². The summed E-state index contributed by atoms with van der Waals surface area (Å²) in [4.78, 5) is 11.4. The van der Waals surface area contributed by atoms with E-state index in [4.69, 9.17) is 19.4 Å². The Kier molecular flexibility index (Phi) is 10.8. The van der Waals surface area contributed by atoms with E-state index in [2.05, 4.69) is 29.2 Å². The first kappa shape index (κ1) is 30.0. The molecule has 6 nitrogen and oxygen atoms in total. The lowest BCUT2D eigenvalue weighted by Crippen LogP contribution is -2.44. The Balaban J connectivity index is 0.000000532. The van der Waals surface area contributed by atoms with E-state index in [0.29, 0.717) is 6.61 Å². The van der Waals surface area contributed by atoms with Crippen LogP contribution >= 0.6 is 0 Å². The fourth-order valence-electron chi connectivity index (χ4n) is 4.77. The van der Waals surface area contributed by atoms with Crippen LogP contribution in [-0.2, 0) is 10.4 Å². The zero-order chi connectivity index (χ0) is 28.3. The van der Waals surface area contributed by atoms with Gasteiger partial charge in [0.15, 0.2) is 0 Å². The SMILES string of the molecule is COc1cccc(OCCCN2CCC(C(O)(c3ccccc3)c3ccccc3)CC2)c1.O=C(O)C(F)(F)F. The summed E-state index contributed by atoms with van der Waals surface area (Å²) in [6.45, 7) is 3.68. The van der Waals surface area contributed by atoms with Gasteiger partial charge < -0.3 is 24.6 Å². The van der Waals surface area contributed by atoms with Gasteiger partial charge in [-0.25, -0.2) is 4.79 Å². The first-order chi connectivity index (χ1) is 18.6. The number of rotatable bonds is 9. The number of nitrogens with zero attached hydrogens (tertiary/aromatic N) is 1. The number of alkyl halides is 3. The van der Waals surface area contributed by atoms with Gasteiger partial charge in [0.05, 0.1) is 13.7 Å². The Morgan fingerprint density at radius 1 is 0.897 bits per heavy atom. The van der Waals surface area contributed by atoms with Gasteiger partial charge in [0.1, 0.15) is 17.1 Å². The second-order valence-corrected chi connectivity index (χ2v) is 9.30. The zero-order valence-electron chi connectivity index (χ0n) is 21.8. The molecule has 0 bridgehead atoms. The highest BCUT2D eigenvalue weighted by Gasteiger charge is 2.41. The monoisotopic (exact) mass is 545 g/mol. The molecule has 0 spiro atoms.